The number of carbonyl (C=O) groups excluding carboxylic acids is 1. The molecule has 1 aromatic rings. The lowest BCUT2D eigenvalue weighted by atomic mass is 10.00. The van der Waals surface area contributed by atoms with Crippen molar-refractivity contribution in [2.75, 3.05) is 6.54 Å². The Morgan fingerprint density at radius 1 is 1.42 bits per heavy atom. The van der Waals surface area contributed by atoms with Crippen LogP contribution in [0.25, 0.3) is 0 Å². The van der Waals surface area contributed by atoms with Gasteiger partial charge in [-0.15, -0.1) is 0 Å². The molecular weight excluding hydrogens is 322 g/mol. The maximum atomic E-state index is 12.6. The molecule has 0 aromatic heterocycles. The summed E-state index contributed by atoms with van der Waals surface area (Å²) in [5, 5.41) is 13.2. The quantitative estimate of drug-likeness (QED) is 0.852. The topological polar surface area (TPSA) is 56.1 Å². The van der Waals surface area contributed by atoms with Gasteiger partial charge in [-0.1, -0.05) is 29.8 Å². The summed E-state index contributed by atoms with van der Waals surface area (Å²) in [5.74, 6) is -0.0516. The van der Waals surface area contributed by atoms with Gasteiger partial charge in [0.2, 0.25) is 5.91 Å². The number of carbonyl (C=O) groups is 1. The SMILES string of the molecule is CC(c1ccccc1Cl)N(CC(=O)NC1(C#N)CCCC1)C1CC1. The highest BCUT2D eigenvalue weighted by Crippen LogP contribution is 2.36. The predicted molar refractivity (Wildman–Crippen MR) is 94.5 cm³/mol. The van der Waals surface area contributed by atoms with Gasteiger partial charge in [-0.25, -0.2) is 0 Å². The molecule has 128 valence electrons. The number of rotatable bonds is 6. The Balaban J connectivity index is 1.69. The molecule has 1 unspecified atom stereocenters. The second kappa shape index (κ2) is 7.13. The monoisotopic (exact) mass is 345 g/mol. The number of nitrogens with one attached hydrogen (secondary N) is 1. The Labute approximate surface area is 148 Å². The van der Waals surface area contributed by atoms with Crippen LogP contribution in [0.3, 0.4) is 0 Å². The molecule has 0 bridgehead atoms. The second-order valence-electron chi connectivity index (χ2n) is 7.05. The molecule has 1 aromatic carbocycles. The fourth-order valence-electron chi connectivity index (χ4n) is 3.70. The van der Waals surface area contributed by atoms with E-state index in [4.69, 9.17) is 11.6 Å². The van der Waals surface area contributed by atoms with Crippen molar-refractivity contribution in [3.63, 3.8) is 0 Å². The largest absolute Gasteiger partial charge is 0.337 e. The van der Waals surface area contributed by atoms with Crippen LogP contribution in [-0.2, 0) is 4.79 Å². The van der Waals surface area contributed by atoms with Gasteiger partial charge in [0.05, 0.1) is 12.6 Å². The summed E-state index contributed by atoms with van der Waals surface area (Å²) in [7, 11) is 0. The molecule has 0 aliphatic heterocycles. The molecule has 1 atom stereocenters. The molecule has 2 aliphatic carbocycles. The van der Waals surface area contributed by atoms with E-state index < -0.39 is 5.54 Å². The van der Waals surface area contributed by atoms with Crippen LogP contribution >= 0.6 is 11.6 Å². The Kier molecular flexibility index (Phi) is 5.12. The van der Waals surface area contributed by atoms with E-state index in [1.165, 1.54) is 0 Å². The Bertz CT molecular complexity index is 644. The minimum Gasteiger partial charge on any atom is -0.337 e. The summed E-state index contributed by atoms with van der Waals surface area (Å²) in [6.45, 7) is 2.42. The minimum atomic E-state index is -0.653. The molecule has 2 aliphatic rings. The van der Waals surface area contributed by atoms with Crippen molar-refractivity contribution in [2.45, 2.75) is 63.1 Å². The molecule has 2 saturated carbocycles. The molecule has 0 heterocycles. The van der Waals surface area contributed by atoms with E-state index in [0.29, 0.717) is 12.6 Å². The van der Waals surface area contributed by atoms with Gasteiger partial charge >= 0.3 is 0 Å². The summed E-state index contributed by atoms with van der Waals surface area (Å²) in [4.78, 5) is 14.8. The van der Waals surface area contributed by atoms with Crippen LogP contribution in [0.15, 0.2) is 24.3 Å². The van der Waals surface area contributed by atoms with Crippen LogP contribution in [0.5, 0.6) is 0 Å². The number of hydrogen-bond acceptors (Lipinski definition) is 3. The van der Waals surface area contributed by atoms with Gasteiger partial charge in [-0.3, -0.25) is 9.69 Å². The number of nitrogens with zero attached hydrogens (tertiary/aromatic N) is 2. The highest BCUT2D eigenvalue weighted by molar-refractivity contribution is 6.31. The summed E-state index contributed by atoms with van der Waals surface area (Å²) >= 11 is 6.34. The van der Waals surface area contributed by atoms with Crippen molar-refractivity contribution < 1.29 is 4.79 Å². The first-order valence-electron chi connectivity index (χ1n) is 8.77. The first-order chi connectivity index (χ1) is 11.5. The standard InChI is InChI=1S/C19H24ClN3O/c1-14(16-6-2-3-7-17(16)20)23(15-8-9-15)12-18(24)22-19(13-21)10-4-5-11-19/h2-3,6-7,14-15H,4-5,8-12H2,1H3,(H,22,24). The van der Waals surface area contributed by atoms with Crippen LogP contribution in [0.2, 0.25) is 5.02 Å². The van der Waals surface area contributed by atoms with Crippen LogP contribution in [-0.4, -0.2) is 28.9 Å². The molecule has 0 spiro atoms. The van der Waals surface area contributed by atoms with Crippen molar-refractivity contribution in [3.8, 4) is 6.07 Å². The first-order valence-corrected chi connectivity index (χ1v) is 9.15. The third-order valence-electron chi connectivity index (χ3n) is 5.24. The van der Waals surface area contributed by atoms with Gasteiger partial charge in [-0.05, 0) is 57.1 Å². The third kappa shape index (κ3) is 3.74. The molecule has 1 N–H and O–H groups in total. The van der Waals surface area contributed by atoms with Gasteiger partial charge in [-0.2, -0.15) is 5.26 Å². The van der Waals surface area contributed by atoms with E-state index in [0.717, 1.165) is 49.1 Å². The van der Waals surface area contributed by atoms with E-state index in [1.54, 1.807) is 0 Å². The highest BCUT2D eigenvalue weighted by Gasteiger charge is 2.38. The Hall–Kier alpha value is -1.57. The zero-order valence-corrected chi connectivity index (χ0v) is 14.9. The van der Waals surface area contributed by atoms with Crippen LogP contribution < -0.4 is 5.32 Å². The number of amides is 1. The molecule has 0 saturated heterocycles. The maximum Gasteiger partial charge on any atom is 0.235 e. The molecule has 0 radical (unpaired) electrons. The zero-order chi connectivity index (χ0) is 17.2. The van der Waals surface area contributed by atoms with E-state index in [-0.39, 0.29) is 11.9 Å². The zero-order valence-electron chi connectivity index (χ0n) is 14.1. The lowest BCUT2D eigenvalue weighted by Crippen LogP contribution is -2.49. The molecule has 2 fully saturated rings. The average molecular weight is 346 g/mol. The summed E-state index contributed by atoms with van der Waals surface area (Å²) in [6, 6.07) is 10.7. The highest BCUT2D eigenvalue weighted by atomic mass is 35.5. The Morgan fingerprint density at radius 2 is 2.08 bits per heavy atom. The normalized spacial score (nSPS) is 20.6. The Morgan fingerprint density at radius 3 is 2.67 bits per heavy atom. The third-order valence-corrected chi connectivity index (χ3v) is 5.59. The van der Waals surface area contributed by atoms with Gasteiger partial charge in [0.15, 0.2) is 0 Å². The van der Waals surface area contributed by atoms with Crippen molar-refractivity contribution in [1.29, 1.82) is 5.26 Å². The lowest BCUT2D eigenvalue weighted by molar-refractivity contribution is -0.124. The smallest absolute Gasteiger partial charge is 0.235 e. The number of benzene rings is 1. The molecule has 3 rings (SSSR count). The van der Waals surface area contributed by atoms with Gasteiger partial charge in [0.1, 0.15) is 5.54 Å². The van der Waals surface area contributed by atoms with Crippen molar-refractivity contribution in [1.82, 2.24) is 10.2 Å². The summed E-state index contributed by atoms with van der Waals surface area (Å²) < 4.78 is 0. The fourth-order valence-corrected chi connectivity index (χ4v) is 3.99. The van der Waals surface area contributed by atoms with E-state index in [1.807, 2.05) is 24.3 Å². The minimum absolute atomic E-state index is 0.0516. The summed E-state index contributed by atoms with van der Waals surface area (Å²) in [6.07, 6.45) is 5.78. The predicted octanol–water partition coefficient (Wildman–Crippen LogP) is 3.82. The number of hydrogen-bond donors (Lipinski definition) is 1. The first kappa shape index (κ1) is 17.3. The van der Waals surface area contributed by atoms with E-state index in [9.17, 15) is 10.1 Å². The molecule has 24 heavy (non-hydrogen) atoms. The molecule has 1 amide bonds. The summed E-state index contributed by atoms with van der Waals surface area (Å²) in [5.41, 5.74) is 0.398. The van der Waals surface area contributed by atoms with Gasteiger partial charge in [0, 0.05) is 17.1 Å². The van der Waals surface area contributed by atoms with Crippen molar-refractivity contribution in [3.05, 3.63) is 34.9 Å². The van der Waals surface area contributed by atoms with E-state index in [2.05, 4.69) is 23.2 Å². The lowest BCUT2D eigenvalue weighted by Gasteiger charge is -2.31. The van der Waals surface area contributed by atoms with Crippen LogP contribution in [0.4, 0.5) is 0 Å². The number of halogens is 1. The van der Waals surface area contributed by atoms with E-state index >= 15 is 0 Å². The molecular formula is C19H24ClN3O. The molecule has 4 nitrogen and oxygen atoms in total. The van der Waals surface area contributed by atoms with Gasteiger partial charge < -0.3 is 5.32 Å². The fraction of sp³-hybridized carbons (Fsp3) is 0.579. The van der Waals surface area contributed by atoms with Gasteiger partial charge in [0.25, 0.3) is 0 Å². The van der Waals surface area contributed by atoms with Crippen molar-refractivity contribution in [2.24, 2.45) is 0 Å². The average Bonchev–Trinajstić information content (AvgIpc) is 3.32. The van der Waals surface area contributed by atoms with Crippen molar-refractivity contribution >= 4 is 17.5 Å². The second-order valence-corrected chi connectivity index (χ2v) is 7.46. The number of nitriles is 1. The molecule has 5 heteroatoms. The van der Waals surface area contributed by atoms with Crippen LogP contribution in [0, 0.1) is 11.3 Å². The maximum absolute atomic E-state index is 12.6. The van der Waals surface area contributed by atoms with Crippen LogP contribution in [0.1, 0.15) is 57.1 Å².